The summed E-state index contributed by atoms with van der Waals surface area (Å²) in [6.07, 6.45) is 2.37. The maximum atomic E-state index is 10.6. The molecule has 0 saturated carbocycles. The zero-order valence-corrected chi connectivity index (χ0v) is 9.88. The highest BCUT2D eigenvalue weighted by atomic mass is 32.2. The van der Waals surface area contributed by atoms with E-state index in [2.05, 4.69) is 13.8 Å². The molecular weight excluding hydrogens is 208 g/mol. The minimum Gasteiger partial charge on any atom is -0.478 e. The van der Waals surface area contributed by atoms with Gasteiger partial charge in [-0.25, -0.2) is 4.79 Å². The van der Waals surface area contributed by atoms with Crippen molar-refractivity contribution in [3.63, 3.8) is 0 Å². The van der Waals surface area contributed by atoms with Crippen LogP contribution >= 0.6 is 11.8 Å². The third-order valence-electron chi connectivity index (χ3n) is 2.13. The molecule has 0 fully saturated rings. The molecule has 0 aliphatic heterocycles. The Morgan fingerprint density at radius 2 is 2.00 bits per heavy atom. The largest absolute Gasteiger partial charge is 0.478 e. The van der Waals surface area contributed by atoms with Crippen molar-refractivity contribution in [1.82, 2.24) is 0 Å². The Balaban J connectivity index is 2.60. The van der Waals surface area contributed by atoms with Crippen LogP contribution in [-0.4, -0.2) is 16.3 Å². The number of carboxylic acids is 1. The molecule has 1 aromatic rings. The Morgan fingerprint density at radius 1 is 1.40 bits per heavy atom. The fourth-order valence-electron chi connectivity index (χ4n) is 1.37. The molecule has 0 spiro atoms. The molecule has 0 bridgehead atoms. The molecule has 0 aromatic heterocycles. The van der Waals surface area contributed by atoms with Gasteiger partial charge < -0.3 is 5.11 Å². The van der Waals surface area contributed by atoms with Gasteiger partial charge in [0, 0.05) is 10.1 Å². The minimum absolute atomic E-state index is 0.350. The Hall–Kier alpha value is -0.960. The quantitative estimate of drug-likeness (QED) is 0.775. The summed E-state index contributed by atoms with van der Waals surface area (Å²) in [5.74, 6) is -0.867. The predicted molar refractivity (Wildman–Crippen MR) is 63.6 cm³/mol. The van der Waals surface area contributed by atoms with Gasteiger partial charge in [0.25, 0.3) is 0 Å². The van der Waals surface area contributed by atoms with Crippen molar-refractivity contribution < 1.29 is 9.90 Å². The lowest BCUT2D eigenvalue weighted by Gasteiger charge is -2.09. The highest BCUT2D eigenvalue weighted by Crippen LogP contribution is 2.25. The summed E-state index contributed by atoms with van der Waals surface area (Å²) in [6, 6.07) is 7.06. The van der Waals surface area contributed by atoms with Crippen LogP contribution in [0.3, 0.4) is 0 Å². The zero-order valence-electron chi connectivity index (χ0n) is 9.06. The molecule has 0 saturated heterocycles. The van der Waals surface area contributed by atoms with Gasteiger partial charge in [-0.2, -0.15) is 0 Å². The van der Waals surface area contributed by atoms with Gasteiger partial charge in [0.05, 0.1) is 5.56 Å². The number of carbonyl (C=O) groups is 1. The Kier molecular flexibility index (Phi) is 4.69. The molecule has 1 rings (SSSR count). The summed E-state index contributed by atoms with van der Waals surface area (Å²) in [4.78, 5) is 11.8. The summed E-state index contributed by atoms with van der Waals surface area (Å²) in [5, 5.41) is 9.32. The van der Waals surface area contributed by atoms with E-state index in [0.717, 1.165) is 4.90 Å². The normalized spacial score (nSPS) is 12.4. The summed E-state index contributed by atoms with van der Waals surface area (Å²) in [5.41, 5.74) is 0.350. The lowest BCUT2D eigenvalue weighted by Crippen LogP contribution is -1.96. The number of hydrogen-bond donors (Lipinski definition) is 1. The minimum atomic E-state index is -0.867. The van der Waals surface area contributed by atoms with Crippen molar-refractivity contribution >= 4 is 17.7 Å². The molecule has 3 heteroatoms. The van der Waals surface area contributed by atoms with E-state index in [0.29, 0.717) is 10.8 Å². The van der Waals surface area contributed by atoms with Crippen LogP contribution in [0, 0.1) is 0 Å². The van der Waals surface area contributed by atoms with Crippen LogP contribution < -0.4 is 0 Å². The van der Waals surface area contributed by atoms with Gasteiger partial charge in [0.15, 0.2) is 0 Å². The summed E-state index contributed by atoms with van der Waals surface area (Å²) in [6.45, 7) is 4.36. The van der Waals surface area contributed by atoms with E-state index in [-0.39, 0.29) is 0 Å². The Morgan fingerprint density at radius 3 is 2.47 bits per heavy atom. The molecule has 1 N–H and O–H groups in total. The van der Waals surface area contributed by atoms with Gasteiger partial charge in [-0.05, 0) is 30.7 Å². The molecular formula is C12H16O2S. The van der Waals surface area contributed by atoms with E-state index in [1.165, 1.54) is 12.8 Å². The third kappa shape index (κ3) is 3.96. The van der Waals surface area contributed by atoms with Gasteiger partial charge in [-0.3, -0.25) is 0 Å². The first-order valence-electron chi connectivity index (χ1n) is 5.13. The Labute approximate surface area is 94.7 Å². The first-order valence-corrected chi connectivity index (χ1v) is 6.01. The van der Waals surface area contributed by atoms with Crippen molar-refractivity contribution in [3.05, 3.63) is 29.8 Å². The summed E-state index contributed by atoms with van der Waals surface area (Å²) in [7, 11) is 0. The lowest BCUT2D eigenvalue weighted by atomic mass is 10.2. The predicted octanol–water partition coefficient (Wildman–Crippen LogP) is 3.67. The van der Waals surface area contributed by atoms with E-state index >= 15 is 0 Å². The molecule has 0 aliphatic carbocycles. The van der Waals surface area contributed by atoms with Gasteiger partial charge >= 0.3 is 5.97 Å². The highest BCUT2D eigenvalue weighted by molar-refractivity contribution is 7.99. The van der Waals surface area contributed by atoms with Crippen molar-refractivity contribution in [3.8, 4) is 0 Å². The fourth-order valence-corrected chi connectivity index (χ4v) is 2.49. The number of hydrogen-bond acceptors (Lipinski definition) is 2. The van der Waals surface area contributed by atoms with Crippen LogP contribution in [0.5, 0.6) is 0 Å². The number of thioether (sulfide) groups is 1. The molecule has 0 amide bonds. The van der Waals surface area contributed by atoms with Crippen molar-refractivity contribution in [2.45, 2.75) is 36.8 Å². The molecule has 2 nitrogen and oxygen atoms in total. The lowest BCUT2D eigenvalue weighted by molar-refractivity contribution is 0.0697. The van der Waals surface area contributed by atoms with Crippen LogP contribution in [0.25, 0.3) is 0 Å². The number of carboxylic acid groups (broad SMARTS) is 1. The maximum absolute atomic E-state index is 10.6. The van der Waals surface area contributed by atoms with E-state index in [9.17, 15) is 4.79 Å². The van der Waals surface area contributed by atoms with E-state index < -0.39 is 5.97 Å². The molecule has 0 heterocycles. The highest BCUT2D eigenvalue weighted by Gasteiger charge is 2.05. The number of aromatic carboxylic acids is 1. The van der Waals surface area contributed by atoms with Gasteiger partial charge in [0.2, 0.25) is 0 Å². The zero-order chi connectivity index (χ0) is 11.3. The fraction of sp³-hybridized carbons (Fsp3) is 0.417. The molecule has 0 aliphatic rings. The van der Waals surface area contributed by atoms with Crippen LogP contribution in [0.1, 0.15) is 37.0 Å². The van der Waals surface area contributed by atoms with Gasteiger partial charge in [0.1, 0.15) is 0 Å². The first-order chi connectivity index (χ1) is 7.13. The van der Waals surface area contributed by atoms with Gasteiger partial charge in [-0.1, -0.05) is 20.3 Å². The molecule has 15 heavy (non-hydrogen) atoms. The van der Waals surface area contributed by atoms with Crippen LogP contribution in [0.15, 0.2) is 29.2 Å². The molecule has 82 valence electrons. The van der Waals surface area contributed by atoms with Crippen LogP contribution in [0.4, 0.5) is 0 Å². The second kappa shape index (κ2) is 5.81. The van der Waals surface area contributed by atoms with Crippen LogP contribution in [-0.2, 0) is 0 Å². The topological polar surface area (TPSA) is 37.3 Å². The standard InChI is InChI=1S/C12H16O2S/c1-3-4-9(2)15-11-7-5-10(6-8-11)12(13)14/h5-9H,3-4H2,1-2H3,(H,13,14)/t9-/m1/s1. The average Bonchev–Trinajstić information content (AvgIpc) is 2.18. The smallest absolute Gasteiger partial charge is 0.335 e. The maximum Gasteiger partial charge on any atom is 0.335 e. The summed E-state index contributed by atoms with van der Waals surface area (Å²) >= 11 is 1.80. The van der Waals surface area contributed by atoms with Crippen molar-refractivity contribution in [2.24, 2.45) is 0 Å². The van der Waals surface area contributed by atoms with Gasteiger partial charge in [-0.15, -0.1) is 11.8 Å². The van der Waals surface area contributed by atoms with E-state index in [1.807, 2.05) is 12.1 Å². The second-order valence-electron chi connectivity index (χ2n) is 3.55. The first kappa shape index (κ1) is 12.1. The molecule has 0 unspecified atom stereocenters. The monoisotopic (exact) mass is 224 g/mol. The van der Waals surface area contributed by atoms with Crippen molar-refractivity contribution in [1.29, 1.82) is 0 Å². The molecule has 1 atom stereocenters. The van der Waals surface area contributed by atoms with Crippen LogP contribution in [0.2, 0.25) is 0 Å². The Bertz CT molecular complexity index is 319. The SMILES string of the molecule is CCC[C@@H](C)Sc1ccc(C(=O)O)cc1. The molecule has 1 aromatic carbocycles. The number of benzene rings is 1. The van der Waals surface area contributed by atoms with E-state index in [1.54, 1.807) is 23.9 Å². The molecule has 0 radical (unpaired) electrons. The summed E-state index contributed by atoms with van der Waals surface area (Å²) < 4.78 is 0. The number of rotatable bonds is 5. The van der Waals surface area contributed by atoms with E-state index in [4.69, 9.17) is 5.11 Å². The second-order valence-corrected chi connectivity index (χ2v) is 5.06. The average molecular weight is 224 g/mol. The van der Waals surface area contributed by atoms with Crippen molar-refractivity contribution in [2.75, 3.05) is 0 Å². The third-order valence-corrected chi connectivity index (χ3v) is 3.32.